The summed E-state index contributed by atoms with van der Waals surface area (Å²) in [6, 6.07) is 7.47. The van der Waals surface area contributed by atoms with Crippen molar-refractivity contribution in [1.82, 2.24) is 20.3 Å². The van der Waals surface area contributed by atoms with Gasteiger partial charge < -0.3 is 10.6 Å². The van der Waals surface area contributed by atoms with E-state index in [0.29, 0.717) is 12.1 Å². The molecule has 0 unspecified atom stereocenters. The summed E-state index contributed by atoms with van der Waals surface area (Å²) >= 11 is 0. The number of hydrogen-bond acceptors (Lipinski definition) is 4. The van der Waals surface area contributed by atoms with Crippen molar-refractivity contribution in [3.05, 3.63) is 42.2 Å². The molecule has 6 nitrogen and oxygen atoms in total. The molecule has 0 aliphatic carbocycles. The van der Waals surface area contributed by atoms with E-state index >= 15 is 0 Å². The first-order valence-corrected chi connectivity index (χ1v) is 6.76. The van der Waals surface area contributed by atoms with E-state index in [1.165, 1.54) is 0 Å². The van der Waals surface area contributed by atoms with Gasteiger partial charge >= 0.3 is 0 Å². The second-order valence-corrected chi connectivity index (χ2v) is 4.38. The molecule has 20 heavy (non-hydrogen) atoms. The zero-order valence-corrected chi connectivity index (χ0v) is 11.5. The third kappa shape index (κ3) is 4.08. The molecule has 0 fully saturated rings. The molecule has 0 bridgehead atoms. The Morgan fingerprint density at radius 1 is 1.30 bits per heavy atom. The summed E-state index contributed by atoms with van der Waals surface area (Å²) in [6.45, 7) is 4.27. The van der Waals surface area contributed by atoms with Crippen LogP contribution >= 0.6 is 0 Å². The van der Waals surface area contributed by atoms with Crippen LogP contribution < -0.4 is 10.6 Å². The summed E-state index contributed by atoms with van der Waals surface area (Å²) in [5.41, 5.74) is 1.70. The number of nitrogens with one attached hydrogen (secondary N) is 2. The zero-order chi connectivity index (χ0) is 14.2. The molecule has 1 aromatic carbocycles. The number of amides is 1. The van der Waals surface area contributed by atoms with Crippen molar-refractivity contribution >= 4 is 11.6 Å². The van der Waals surface area contributed by atoms with Crippen LogP contribution in [0.1, 0.15) is 23.7 Å². The van der Waals surface area contributed by atoms with Crippen molar-refractivity contribution in [3.8, 4) is 0 Å². The number of aromatic nitrogens is 3. The quantitative estimate of drug-likeness (QED) is 0.750. The number of nitrogens with zero attached hydrogens (tertiary/aromatic N) is 3. The monoisotopic (exact) mass is 273 g/mol. The van der Waals surface area contributed by atoms with Gasteiger partial charge in [-0.2, -0.15) is 0 Å². The van der Waals surface area contributed by atoms with Gasteiger partial charge in [0.15, 0.2) is 0 Å². The summed E-state index contributed by atoms with van der Waals surface area (Å²) in [5, 5.41) is 13.7. The van der Waals surface area contributed by atoms with E-state index in [-0.39, 0.29) is 5.91 Å². The average Bonchev–Trinajstić information content (AvgIpc) is 2.98. The number of benzene rings is 1. The molecular formula is C14H19N5O. The molecule has 2 aromatic rings. The summed E-state index contributed by atoms with van der Waals surface area (Å²) in [4.78, 5) is 11.9. The van der Waals surface area contributed by atoms with Gasteiger partial charge in [-0.15, -0.1) is 5.10 Å². The highest BCUT2D eigenvalue weighted by Gasteiger charge is 2.04. The molecule has 1 amide bonds. The maximum Gasteiger partial charge on any atom is 0.251 e. The highest BCUT2D eigenvalue weighted by atomic mass is 16.1. The maximum absolute atomic E-state index is 11.9. The Balaban J connectivity index is 1.73. The Hall–Kier alpha value is -2.37. The van der Waals surface area contributed by atoms with Gasteiger partial charge in [0, 0.05) is 37.1 Å². The smallest absolute Gasteiger partial charge is 0.251 e. The highest BCUT2D eigenvalue weighted by Crippen LogP contribution is 2.08. The molecule has 2 rings (SSSR count). The van der Waals surface area contributed by atoms with Gasteiger partial charge in [-0.1, -0.05) is 5.21 Å². The largest absolute Gasteiger partial charge is 0.385 e. The lowest BCUT2D eigenvalue weighted by Gasteiger charge is -2.07. The number of carbonyl (C=O) groups is 1. The predicted molar refractivity (Wildman–Crippen MR) is 77.6 cm³/mol. The first kappa shape index (κ1) is 14.0. The van der Waals surface area contributed by atoms with Crippen molar-refractivity contribution in [1.29, 1.82) is 0 Å². The van der Waals surface area contributed by atoms with E-state index in [4.69, 9.17) is 0 Å². The Kier molecular flexibility index (Phi) is 5.11. The molecule has 2 N–H and O–H groups in total. The molecule has 0 saturated carbocycles. The van der Waals surface area contributed by atoms with Crippen LogP contribution in [0.15, 0.2) is 36.7 Å². The average molecular weight is 273 g/mol. The molecule has 0 spiro atoms. The normalized spacial score (nSPS) is 10.2. The van der Waals surface area contributed by atoms with Crippen LogP contribution in [0.5, 0.6) is 0 Å². The summed E-state index contributed by atoms with van der Waals surface area (Å²) in [5.74, 6) is -0.0494. The fourth-order valence-corrected chi connectivity index (χ4v) is 1.84. The second-order valence-electron chi connectivity index (χ2n) is 4.38. The first-order chi connectivity index (χ1) is 9.79. The Morgan fingerprint density at radius 2 is 2.10 bits per heavy atom. The SMILES string of the molecule is CCNc1ccc(C(=O)NCCCn2ccnn2)cc1. The van der Waals surface area contributed by atoms with Gasteiger partial charge in [0.2, 0.25) is 0 Å². The highest BCUT2D eigenvalue weighted by molar-refractivity contribution is 5.94. The summed E-state index contributed by atoms with van der Waals surface area (Å²) in [7, 11) is 0. The predicted octanol–water partition coefficient (Wildman–Crippen LogP) is 1.53. The molecule has 0 radical (unpaired) electrons. The zero-order valence-electron chi connectivity index (χ0n) is 11.5. The van der Waals surface area contributed by atoms with Gasteiger partial charge in [-0.25, -0.2) is 0 Å². The van der Waals surface area contributed by atoms with Crippen LogP contribution in [0.3, 0.4) is 0 Å². The minimum absolute atomic E-state index is 0.0494. The van der Waals surface area contributed by atoms with Crippen molar-refractivity contribution < 1.29 is 4.79 Å². The van der Waals surface area contributed by atoms with E-state index in [2.05, 4.69) is 20.9 Å². The van der Waals surface area contributed by atoms with Crippen LogP contribution in [-0.2, 0) is 6.54 Å². The second kappa shape index (κ2) is 7.28. The molecule has 0 atom stereocenters. The minimum Gasteiger partial charge on any atom is -0.385 e. The van der Waals surface area contributed by atoms with Crippen LogP contribution in [0.25, 0.3) is 0 Å². The molecule has 0 aliphatic rings. The summed E-state index contributed by atoms with van der Waals surface area (Å²) < 4.78 is 1.75. The molecule has 0 aliphatic heterocycles. The molecule has 1 heterocycles. The number of hydrogen-bond donors (Lipinski definition) is 2. The van der Waals surface area contributed by atoms with Crippen LogP contribution in [0.4, 0.5) is 5.69 Å². The van der Waals surface area contributed by atoms with Gasteiger partial charge in [0.05, 0.1) is 6.20 Å². The summed E-state index contributed by atoms with van der Waals surface area (Å²) in [6.07, 6.45) is 4.27. The van der Waals surface area contributed by atoms with Crippen molar-refractivity contribution in [2.45, 2.75) is 19.9 Å². The third-order valence-electron chi connectivity index (χ3n) is 2.85. The molecule has 106 valence electrons. The third-order valence-corrected chi connectivity index (χ3v) is 2.85. The van der Waals surface area contributed by atoms with E-state index in [0.717, 1.165) is 25.2 Å². The lowest BCUT2D eigenvalue weighted by Crippen LogP contribution is -2.25. The van der Waals surface area contributed by atoms with Crippen LogP contribution in [0.2, 0.25) is 0 Å². The van der Waals surface area contributed by atoms with E-state index in [9.17, 15) is 4.79 Å². The molecule has 1 aromatic heterocycles. The molecule has 0 saturated heterocycles. The van der Waals surface area contributed by atoms with Crippen molar-refractivity contribution in [2.75, 3.05) is 18.4 Å². The topological polar surface area (TPSA) is 71.8 Å². The fourth-order valence-electron chi connectivity index (χ4n) is 1.84. The molecule has 6 heteroatoms. The number of aryl methyl sites for hydroxylation is 1. The van der Waals surface area contributed by atoms with Gasteiger partial charge in [0.1, 0.15) is 0 Å². The van der Waals surface area contributed by atoms with E-state index < -0.39 is 0 Å². The molecular weight excluding hydrogens is 254 g/mol. The Bertz CT molecular complexity index is 521. The number of carbonyl (C=O) groups excluding carboxylic acids is 1. The first-order valence-electron chi connectivity index (χ1n) is 6.76. The lowest BCUT2D eigenvalue weighted by atomic mass is 10.2. The van der Waals surface area contributed by atoms with Crippen LogP contribution in [-0.4, -0.2) is 34.0 Å². The van der Waals surface area contributed by atoms with Gasteiger partial charge in [-0.3, -0.25) is 9.48 Å². The standard InChI is InChI=1S/C14H19N5O/c1-2-15-13-6-4-12(5-7-13)14(20)16-8-3-10-19-11-9-17-18-19/h4-7,9,11,15H,2-3,8,10H2,1H3,(H,16,20). The maximum atomic E-state index is 11.9. The van der Waals surface area contributed by atoms with E-state index in [1.54, 1.807) is 17.1 Å². The minimum atomic E-state index is -0.0494. The van der Waals surface area contributed by atoms with Gasteiger partial charge in [-0.05, 0) is 37.6 Å². The Labute approximate surface area is 118 Å². The van der Waals surface area contributed by atoms with Crippen molar-refractivity contribution in [2.24, 2.45) is 0 Å². The van der Waals surface area contributed by atoms with Gasteiger partial charge in [0.25, 0.3) is 5.91 Å². The van der Waals surface area contributed by atoms with Crippen LogP contribution in [0, 0.1) is 0 Å². The Morgan fingerprint density at radius 3 is 2.75 bits per heavy atom. The fraction of sp³-hybridized carbons (Fsp3) is 0.357. The number of rotatable bonds is 7. The van der Waals surface area contributed by atoms with Crippen molar-refractivity contribution in [3.63, 3.8) is 0 Å². The lowest BCUT2D eigenvalue weighted by molar-refractivity contribution is 0.0952. The van der Waals surface area contributed by atoms with E-state index in [1.807, 2.05) is 31.2 Å². The number of anilines is 1.